The minimum absolute atomic E-state index is 0.0261. The van der Waals surface area contributed by atoms with Crippen molar-refractivity contribution in [1.29, 1.82) is 0 Å². The maximum Gasteiger partial charge on any atom is 0.225 e. The largest absolute Gasteiger partial charge is 0.346 e. The predicted molar refractivity (Wildman–Crippen MR) is 120 cm³/mol. The van der Waals surface area contributed by atoms with E-state index in [9.17, 15) is 4.79 Å². The number of fused-ring (bicyclic) bond motifs is 1. The van der Waals surface area contributed by atoms with E-state index in [4.69, 9.17) is 4.98 Å². The number of hydrogen-bond acceptors (Lipinski definition) is 2. The molecule has 1 heterocycles. The first-order valence-electron chi connectivity index (χ1n) is 10.3. The lowest BCUT2D eigenvalue weighted by atomic mass is 9.87. The van der Waals surface area contributed by atoms with Crippen LogP contribution in [0.25, 0.3) is 11.0 Å². The van der Waals surface area contributed by atoms with Gasteiger partial charge >= 0.3 is 0 Å². The van der Waals surface area contributed by atoms with Crippen LogP contribution in [0.2, 0.25) is 0 Å². The third kappa shape index (κ3) is 4.69. The summed E-state index contributed by atoms with van der Waals surface area (Å²) in [7, 11) is 0. The molecule has 4 heteroatoms. The van der Waals surface area contributed by atoms with E-state index in [0.29, 0.717) is 0 Å². The molecule has 3 aromatic rings. The highest BCUT2D eigenvalue weighted by Crippen LogP contribution is 2.26. The first kappa shape index (κ1) is 21.1. The molecule has 1 aromatic heterocycles. The zero-order valence-corrected chi connectivity index (χ0v) is 18.7. The van der Waals surface area contributed by atoms with Gasteiger partial charge in [-0.05, 0) is 35.6 Å². The van der Waals surface area contributed by atoms with Crippen LogP contribution in [0.15, 0.2) is 48.5 Å². The number of carbonyl (C=O) groups is 1. The SMILES string of the molecule is CC(NC(=O)C(C)(C)C)c1nc2ccccc2n1Cc1ccc(C(C)(C)C)cc1. The van der Waals surface area contributed by atoms with Crippen molar-refractivity contribution in [2.75, 3.05) is 0 Å². The van der Waals surface area contributed by atoms with Crippen molar-refractivity contribution in [3.05, 3.63) is 65.5 Å². The molecule has 1 amide bonds. The molecule has 0 fully saturated rings. The summed E-state index contributed by atoms with van der Waals surface area (Å²) < 4.78 is 2.22. The van der Waals surface area contributed by atoms with Gasteiger partial charge in [0.1, 0.15) is 5.82 Å². The van der Waals surface area contributed by atoms with Gasteiger partial charge in [-0.2, -0.15) is 0 Å². The third-order valence-corrected chi connectivity index (χ3v) is 5.26. The summed E-state index contributed by atoms with van der Waals surface area (Å²) in [5.74, 6) is 0.904. The number of aromatic nitrogens is 2. The number of para-hydroxylation sites is 2. The number of rotatable bonds is 4. The monoisotopic (exact) mass is 391 g/mol. The number of amides is 1. The maximum absolute atomic E-state index is 12.5. The molecule has 154 valence electrons. The van der Waals surface area contributed by atoms with Gasteiger partial charge in [-0.1, -0.05) is 77.9 Å². The minimum atomic E-state index is -0.437. The van der Waals surface area contributed by atoms with E-state index in [1.54, 1.807) is 0 Å². The third-order valence-electron chi connectivity index (χ3n) is 5.26. The van der Waals surface area contributed by atoms with E-state index in [-0.39, 0.29) is 17.4 Å². The molecule has 0 bridgehead atoms. The van der Waals surface area contributed by atoms with E-state index >= 15 is 0 Å². The Balaban J connectivity index is 1.96. The molecule has 3 rings (SSSR count). The number of nitrogens with zero attached hydrogens (tertiary/aromatic N) is 2. The molecule has 1 N–H and O–H groups in total. The topological polar surface area (TPSA) is 46.9 Å². The Labute approximate surface area is 174 Å². The van der Waals surface area contributed by atoms with Gasteiger partial charge in [-0.3, -0.25) is 4.79 Å². The smallest absolute Gasteiger partial charge is 0.225 e. The van der Waals surface area contributed by atoms with Gasteiger partial charge in [-0.15, -0.1) is 0 Å². The van der Waals surface area contributed by atoms with Crippen molar-refractivity contribution >= 4 is 16.9 Å². The normalized spacial score (nSPS) is 13.5. The highest BCUT2D eigenvalue weighted by atomic mass is 16.2. The average molecular weight is 392 g/mol. The van der Waals surface area contributed by atoms with Crippen LogP contribution in [-0.2, 0) is 16.8 Å². The van der Waals surface area contributed by atoms with Crippen LogP contribution in [0.4, 0.5) is 0 Å². The second-order valence-corrected chi connectivity index (χ2v) is 9.94. The van der Waals surface area contributed by atoms with Crippen molar-refractivity contribution in [2.45, 2.75) is 66.5 Å². The molecule has 29 heavy (non-hydrogen) atoms. The first-order valence-corrected chi connectivity index (χ1v) is 10.3. The van der Waals surface area contributed by atoms with Crippen molar-refractivity contribution < 1.29 is 4.79 Å². The predicted octanol–water partition coefficient (Wildman–Crippen LogP) is 5.61. The summed E-state index contributed by atoms with van der Waals surface area (Å²) in [5, 5.41) is 3.13. The molecular formula is C25H33N3O. The summed E-state index contributed by atoms with van der Waals surface area (Å²) in [6.45, 7) is 15.2. The Kier molecular flexibility index (Phi) is 5.57. The number of hydrogen-bond donors (Lipinski definition) is 1. The zero-order chi connectivity index (χ0) is 21.4. The zero-order valence-electron chi connectivity index (χ0n) is 18.7. The quantitative estimate of drug-likeness (QED) is 0.629. The molecule has 0 saturated carbocycles. The molecular weight excluding hydrogens is 358 g/mol. The number of nitrogens with one attached hydrogen (secondary N) is 1. The van der Waals surface area contributed by atoms with Crippen LogP contribution < -0.4 is 5.32 Å². The van der Waals surface area contributed by atoms with Crippen molar-refractivity contribution in [3.8, 4) is 0 Å². The van der Waals surface area contributed by atoms with Crippen molar-refractivity contribution in [3.63, 3.8) is 0 Å². The number of carbonyl (C=O) groups excluding carboxylic acids is 1. The molecule has 0 aliphatic rings. The molecule has 0 radical (unpaired) electrons. The van der Waals surface area contributed by atoms with Crippen LogP contribution >= 0.6 is 0 Å². The molecule has 2 aromatic carbocycles. The molecule has 4 nitrogen and oxygen atoms in total. The van der Waals surface area contributed by atoms with Crippen LogP contribution in [0.1, 0.15) is 71.5 Å². The second-order valence-electron chi connectivity index (χ2n) is 9.94. The van der Waals surface area contributed by atoms with Crippen LogP contribution in [0.3, 0.4) is 0 Å². The van der Waals surface area contributed by atoms with Gasteiger partial charge in [0.2, 0.25) is 5.91 Å². The van der Waals surface area contributed by atoms with Crippen LogP contribution in [0.5, 0.6) is 0 Å². The fourth-order valence-electron chi connectivity index (χ4n) is 3.36. The standard InChI is InChI=1S/C25H33N3O/c1-17(26-23(29)25(5,6)7)22-27-20-10-8-9-11-21(20)28(22)16-18-12-14-19(15-13-18)24(2,3)4/h8-15,17H,16H2,1-7H3,(H,26,29). The van der Waals surface area contributed by atoms with E-state index in [1.165, 1.54) is 11.1 Å². The molecule has 1 atom stereocenters. The maximum atomic E-state index is 12.5. The van der Waals surface area contributed by atoms with E-state index < -0.39 is 5.41 Å². The summed E-state index contributed by atoms with van der Waals surface area (Å²) in [4.78, 5) is 17.4. The molecule has 1 unspecified atom stereocenters. The van der Waals surface area contributed by atoms with Gasteiger partial charge < -0.3 is 9.88 Å². The summed E-state index contributed by atoms with van der Waals surface area (Å²) in [5.41, 5.74) is 4.27. The summed E-state index contributed by atoms with van der Waals surface area (Å²) >= 11 is 0. The summed E-state index contributed by atoms with van der Waals surface area (Å²) in [6.07, 6.45) is 0. The lowest BCUT2D eigenvalue weighted by Gasteiger charge is -2.23. The summed E-state index contributed by atoms with van der Waals surface area (Å²) in [6, 6.07) is 16.8. The Hall–Kier alpha value is -2.62. The Morgan fingerprint density at radius 2 is 1.62 bits per heavy atom. The fourth-order valence-corrected chi connectivity index (χ4v) is 3.36. The van der Waals surface area contributed by atoms with Gasteiger partial charge in [0.25, 0.3) is 0 Å². The molecule has 0 saturated heterocycles. The molecule has 0 aliphatic carbocycles. The fraction of sp³-hybridized carbons (Fsp3) is 0.440. The highest BCUT2D eigenvalue weighted by Gasteiger charge is 2.25. The average Bonchev–Trinajstić information content (AvgIpc) is 2.99. The number of imidazole rings is 1. The highest BCUT2D eigenvalue weighted by molar-refractivity contribution is 5.82. The minimum Gasteiger partial charge on any atom is -0.346 e. The van der Waals surface area contributed by atoms with Crippen LogP contribution in [-0.4, -0.2) is 15.5 Å². The Morgan fingerprint density at radius 3 is 2.21 bits per heavy atom. The lowest BCUT2D eigenvalue weighted by Crippen LogP contribution is -2.37. The van der Waals surface area contributed by atoms with Crippen molar-refractivity contribution in [1.82, 2.24) is 14.9 Å². The Morgan fingerprint density at radius 1 is 1.00 bits per heavy atom. The van der Waals surface area contributed by atoms with Crippen LogP contribution in [0, 0.1) is 5.41 Å². The molecule has 0 spiro atoms. The van der Waals surface area contributed by atoms with E-state index in [2.05, 4.69) is 61.0 Å². The van der Waals surface area contributed by atoms with E-state index in [0.717, 1.165) is 23.4 Å². The van der Waals surface area contributed by atoms with Gasteiger partial charge in [-0.25, -0.2) is 4.98 Å². The number of benzene rings is 2. The lowest BCUT2D eigenvalue weighted by molar-refractivity contribution is -0.129. The van der Waals surface area contributed by atoms with E-state index in [1.807, 2.05) is 45.9 Å². The van der Waals surface area contributed by atoms with Crippen molar-refractivity contribution in [2.24, 2.45) is 5.41 Å². The molecule has 0 aliphatic heterocycles. The first-order chi connectivity index (χ1) is 13.5. The van der Waals surface area contributed by atoms with Gasteiger partial charge in [0.15, 0.2) is 0 Å². The second kappa shape index (κ2) is 7.66. The van der Waals surface area contributed by atoms with Gasteiger partial charge in [0, 0.05) is 12.0 Å². The van der Waals surface area contributed by atoms with Gasteiger partial charge in [0.05, 0.1) is 17.1 Å². The Bertz CT molecular complexity index is 1000.